The van der Waals surface area contributed by atoms with Gasteiger partial charge in [0.05, 0.1) is 25.3 Å². The minimum absolute atomic E-state index is 0.00232. The summed E-state index contributed by atoms with van der Waals surface area (Å²) in [6.07, 6.45) is 0.997. The van der Waals surface area contributed by atoms with Crippen LogP contribution in [0.1, 0.15) is 30.6 Å². The number of anilines is 1. The highest BCUT2D eigenvalue weighted by atomic mass is 35.5. The van der Waals surface area contributed by atoms with Crippen molar-refractivity contribution in [1.82, 2.24) is 9.88 Å². The molecule has 5 rings (SSSR count). The second-order valence-corrected chi connectivity index (χ2v) is 8.29. The molecule has 0 aliphatic carbocycles. The number of aromatic nitrogens is 1. The van der Waals surface area contributed by atoms with E-state index in [-0.39, 0.29) is 24.3 Å². The van der Waals surface area contributed by atoms with E-state index >= 15 is 0 Å². The van der Waals surface area contributed by atoms with E-state index in [1.807, 2.05) is 18.2 Å². The third-order valence-electron chi connectivity index (χ3n) is 6.29. The van der Waals surface area contributed by atoms with E-state index in [0.29, 0.717) is 23.0 Å². The lowest BCUT2D eigenvalue weighted by atomic mass is 9.96. The van der Waals surface area contributed by atoms with E-state index in [9.17, 15) is 9.59 Å². The highest BCUT2D eigenvalue weighted by Gasteiger charge is 2.45. The number of rotatable bonds is 3. The number of carbonyl (C=O) groups is 2. The van der Waals surface area contributed by atoms with Gasteiger partial charge in [-0.1, -0.05) is 11.6 Å². The van der Waals surface area contributed by atoms with Gasteiger partial charge in [-0.05, 0) is 61.4 Å². The number of imide groups is 1. The predicted octanol–water partition coefficient (Wildman–Crippen LogP) is 4.08. The van der Waals surface area contributed by atoms with Crippen molar-refractivity contribution in [1.29, 1.82) is 0 Å². The smallest absolute Gasteiger partial charge is 0.251 e. The van der Waals surface area contributed by atoms with Crippen LogP contribution >= 0.6 is 11.6 Å². The molecule has 1 aromatic heterocycles. The van der Waals surface area contributed by atoms with Crippen molar-refractivity contribution >= 4 is 40.0 Å². The minimum Gasteiger partial charge on any atom is -0.497 e. The van der Waals surface area contributed by atoms with Crippen LogP contribution in [0.5, 0.6) is 5.75 Å². The average Bonchev–Trinajstić information content (AvgIpc) is 3.26. The van der Waals surface area contributed by atoms with E-state index in [2.05, 4.69) is 16.8 Å². The molecule has 2 unspecified atom stereocenters. The zero-order valence-electron chi connectivity index (χ0n) is 16.8. The predicted molar refractivity (Wildman–Crippen MR) is 116 cm³/mol. The number of fused-ring (bicyclic) bond motifs is 3. The first-order valence-corrected chi connectivity index (χ1v) is 10.4. The molecule has 1 fully saturated rings. The zero-order valence-corrected chi connectivity index (χ0v) is 17.6. The summed E-state index contributed by atoms with van der Waals surface area (Å²) >= 11 is 6.20. The minimum atomic E-state index is -0.460. The number of H-pyrrole nitrogens is 1. The van der Waals surface area contributed by atoms with Crippen molar-refractivity contribution in [3.05, 3.63) is 58.7 Å². The second kappa shape index (κ2) is 7.15. The number of amides is 2. The van der Waals surface area contributed by atoms with Crippen molar-refractivity contribution in [3.63, 3.8) is 0 Å². The number of methoxy groups -OCH3 is 1. The SMILES string of the molecule is COc1ccc(N2C(=O)CC(N3CCc4c([nH]c5ccc(Cl)cc45)C3C)C2=O)cc1. The van der Waals surface area contributed by atoms with Gasteiger partial charge in [0.15, 0.2) is 0 Å². The number of hydrogen-bond acceptors (Lipinski definition) is 4. The molecule has 6 nitrogen and oxygen atoms in total. The number of halogens is 1. The molecule has 30 heavy (non-hydrogen) atoms. The van der Waals surface area contributed by atoms with Crippen LogP contribution in [0.3, 0.4) is 0 Å². The Morgan fingerprint density at radius 3 is 2.63 bits per heavy atom. The van der Waals surface area contributed by atoms with Crippen molar-refractivity contribution in [2.24, 2.45) is 0 Å². The van der Waals surface area contributed by atoms with Crippen molar-refractivity contribution < 1.29 is 14.3 Å². The van der Waals surface area contributed by atoms with Gasteiger partial charge in [0.1, 0.15) is 5.75 Å². The van der Waals surface area contributed by atoms with Crippen LogP contribution < -0.4 is 9.64 Å². The normalized spacial score (nSPS) is 22.0. The quantitative estimate of drug-likeness (QED) is 0.644. The molecule has 1 saturated heterocycles. The topological polar surface area (TPSA) is 65.6 Å². The summed E-state index contributed by atoms with van der Waals surface area (Å²) in [6, 6.07) is 12.4. The van der Waals surface area contributed by atoms with E-state index in [1.54, 1.807) is 31.4 Å². The molecule has 0 spiro atoms. The van der Waals surface area contributed by atoms with E-state index in [4.69, 9.17) is 16.3 Å². The van der Waals surface area contributed by atoms with Gasteiger partial charge >= 0.3 is 0 Å². The Labute approximate surface area is 179 Å². The summed E-state index contributed by atoms with van der Waals surface area (Å²) in [5.41, 5.74) is 3.98. The van der Waals surface area contributed by atoms with Gasteiger partial charge in [-0.25, -0.2) is 4.90 Å². The zero-order chi connectivity index (χ0) is 21.0. The Bertz CT molecular complexity index is 1150. The fourth-order valence-corrected chi connectivity index (χ4v) is 4.94. The van der Waals surface area contributed by atoms with Crippen molar-refractivity contribution in [2.45, 2.75) is 31.8 Å². The third kappa shape index (κ3) is 2.90. The average molecular weight is 424 g/mol. The van der Waals surface area contributed by atoms with Crippen LogP contribution in [0.2, 0.25) is 5.02 Å². The van der Waals surface area contributed by atoms with Crippen LogP contribution in [0.15, 0.2) is 42.5 Å². The van der Waals surface area contributed by atoms with Gasteiger partial charge in [0.2, 0.25) is 5.91 Å². The molecule has 0 saturated carbocycles. The van der Waals surface area contributed by atoms with Gasteiger partial charge in [-0.2, -0.15) is 0 Å². The lowest BCUT2D eigenvalue weighted by Crippen LogP contribution is -2.46. The molecule has 2 aliphatic rings. The molecule has 1 N–H and O–H groups in total. The van der Waals surface area contributed by atoms with E-state index in [0.717, 1.165) is 23.0 Å². The number of carbonyl (C=O) groups excluding carboxylic acids is 2. The maximum Gasteiger partial charge on any atom is 0.251 e. The summed E-state index contributed by atoms with van der Waals surface area (Å²) in [7, 11) is 1.58. The Morgan fingerprint density at radius 2 is 1.90 bits per heavy atom. The third-order valence-corrected chi connectivity index (χ3v) is 6.53. The fourth-order valence-electron chi connectivity index (χ4n) is 4.77. The van der Waals surface area contributed by atoms with E-state index < -0.39 is 6.04 Å². The highest BCUT2D eigenvalue weighted by molar-refractivity contribution is 6.31. The molecule has 2 aromatic carbocycles. The molecule has 3 heterocycles. The summed E-state index contributed by atoms with van der Waals surface area (Å²) in [5.74, 6) is 0.349. The Balaban J connectivity index is 1.44. The molecule has 0 bridgehead atoms. The number of aromatic amines is 1. The van der Waals surface area contributed by atoms with Gasteiger partial charge in [0.25, 0.3) is 5.91 Å². The maximum absolute atomic E-state index is 13.2. The van der Waals surface area contributed by atoms with Crippen molar-refractivity contribution in [3.8, 4) is 5.75 Å². The van der Waals surface area contributed by atoms with Crippen LogP contribution in [0, 0.1) is 0 Å². The summed E-state index contributed by atoms with van der Waals surface area (Å²) in [6.45, 7) is 2.80. The van der Waals surface area contributed by atoms with Gasteiger partial charge < -0.3 is 9.72 Å². The van der Waals surface area contributed by atoms with Gasteiger partial charge in [-0.15, -0.1) is 0 Å². The summed E-state index contributed by atoms with van der Waals surface area (Å²) < 4.78 is 5.17. The second-order valence-electron chi connectivity index (χ2n) is 7.86. The first-order valence-electron chi connectivity index (χ1n) is 10.0. The summed E-state index contributed by atoms with van der Waals surface area (Å²) in [4.78, 5) is 32.9. The molecule has 2 aliphatic heterocycles. The fraction of sp³-hybridized carbons (Fsp3) is 0.304. The number of benzene rings is 2. The molecule has 0 radical (unpaired) electrons. The molecular formula is C23H22ClN3O3. The molecular weight excluding hydrogens is 402 g/mol. The number of ether oxygens (including phenoxy) is 1. The van der Waals surface area contributed by atoms with E-state index in [1.165, 1.54) is 10.5 Å². The lowest BCUT2D eigenvalue weighted by Gasteiger charge is -2.36. The van der Waals surface area contributed by atoms with Crippen LogP contribution in [-0.2, 0) is 16.0 Å². The Morgan fingerprint density at radius 1 is 1.13 bits per heavy atom. The summed E-state index contributed by atoms with van der Waals surface area (Å²) in [5, 5.41) is 1.85. The number of nitrogens with one attached hydrogen (secondary N) is 1. The first kappa shape index (κ1) is 19.2. The van der Waals surface area contributed by atoms with Crippen LogP contribution in [-0.4, -0.2) is 41.4 Å². The Hall–Kier alpha value is -2.83. The molecule has 2 atom stereocenters. The monoisotopic (exact) mass is 423 g/mol. The van der Waals surface area contributed by atoms with Crippen LogP contribution in [0.4, 0.5) is 5.69 Å². The largest absolute Gasteiger partial charge is 0.497 e. The molecule has 2 amide bonds. The van der Waals surface area contributed by atoms with Crippen molar-refractivity contribution in [2.75, 3.05) is 18.6 Å². The first-order chi connectivity index (χ1) is 14.5. The standard InChI is InChI=1S/C23H22ClN3O3/c1-13-22-17(18-11-14(24)3-8-19(18)25-22)9-10-26(13)20-12-21(28)27(23(20)29)15-4-6-16(30-2)7-5-15/h3-8,11,13,20,25H,9-10,12H2,1-2H3. The molecule has 154 valence electrons. The highest BCUT2D eigenvalue weighted by Crippen LogP contribution is 2.38. The number of hydrogen-bond donors (Lipinski definition) is 1. The van der Waals surface area contributed by atoms with Crippen LogP contribution in [0.25, 0.3) is 10.9 Å². The van der Waals surface area contributed by atoms with Gasteiger partial charge in [-0.3, -0.25) is 14.5 Å². The molecule has 7 heteroatoms. The van der Waals surface area contributed by atoms with Gasteiger partial charge in [0, 0.05) is 34.2 Å². The number of nitrogens with zero attached hydrogens (tertiary/aromatic N) is 2. The molecule has 3 aromatic rings. The lowest BCUT2D eigenvalue weighted by molar-refractivity contribution is -0.123. The maximum atomic E-state index is 13.2. The Kier molecular flexibility index (Phi) is 4.56.